The van der Waals surface area contributed by atoms with E-state index in [-0.39, 0.29) is 11.8 Å². The van der Waals surface area contributed by atoms with Gasteiger partial charge in [0.1, 0.15) is 0 Å². The molecule has 15 heavy (non-hydrogen) atoms. The average molecular weight is 206 g/mol. The van der Waals surface area contributed by atoms with E-state index in [0.717, 1.165) is 12.2 Å². The van der Waals surface area contributed by atoms with Crippen molar-refractivity contribution in [2.75, 3.05) is 6.54 Å². The number of carbonyl (C=O) groups is 1. The van der Waals surface area contributed by atoms with Crippen molar-refractivity contribution >= 4 is 5.78 Å². The van der Waals surface area contributed by atoms with E-state index < -0.39 is 0 Å². The second-order valence-corrected chi connectivity index (χ2v) is 3.77. The van der Waals surface area contributed by atoms with Gasteiger partial charge in [0.15, 0.2) is 5.78 Å². The highest BCUT2D eigenvalue weighted by atomic mass is 16.1. The minimum Gasteiger partial charge on any atom is -0.314 e. The van der Waals surface area contributed by atoms with Gasteiger partial charge in [-0.2, -0.15) is 0 Å². The molecule has 0 aliphatic rings. The fraction of sp³-hybridized carbons (Fsp3) is 0.500. The summed E-state index contributed by atoms with van der Waals surface area (Å²) in [6.07, 6.45) is 2.18. The highest BCUT2D eigenvalue weighted by molar-refractivity contribution is 5.96. The van der Waals surface area contributed by atoms with Gasteiger partial charge in [-0.05, 0) is 32.5 Å². The molecule has 0 saturated heterocycles. The number of aryl methyl sites for hydroxylation is 1. The first-order valence-corrected chi connectivity index (χ1v) is 5.32. The van der Waals surface area contributed by atoms with Gasteiger partial charge < -0.3 is 5.32 Å². The molecule has 3 nitrogen and oxygen atoms in total. The van der Waals surface area contributed by atoms with E-state index in [1.807, 2.05) is 32.9 Å². The summed E-state index contributed by atoms with van der Waals surface area (Å²) in [7, 11) is 0. The monoisotopic (exact) mass is 206 g/mol. The van der Waals surface area contributed by atoms with E-state index in [0.29, 0.717) is 12.0 Å². The molecule has 0 radical (unpaired) electrons. The van der Waals surface area contributed by atoms with Crippen LogP contribution in [0, 0.1) is 6.92 Å². The highest BCUT2D eigenvalue weighted by Crippen LogP contribution is 2.05. The van der Waals surface area contributed by atoms with Crippen molar-refractivity contribution in [2.45, 2.75) is 33.2 Å². The maximum absolute atomic E-state index is 11.8. The predicted octanol–water partition coefficient (Wildman–Crippen LogP) is 1.96. The molecule has 1 unspecified atom stereocenters. The lowest BCUT2D eigenvalue weighted by Crippen LogP contribution is -2.28. The molecular weight excluding hydrogens is 188 g/mol. The summed E-state index contributed by atoms with van der Waals surface area (Å²) >= 11 is 0. The lowest BCUT2D eigenvalue weighted by molar-refractivity contribution is 0.0971. The zero-order valence-corrected chi connectivity index (χ0v) is 9.58. The Hall–Kier alpha value is -1.22. The number of nitrogens with one attached hydrogen (secondary N) is 1. The molecular formula is C12H18N2O. The molecule has 1 N–H and O–H groups in total. The smallest absolute Gasteiger partial charge is 0.165 e. The van der Waals surface area contributed by atoms with Crippen LogP contribution in [0.25, 0.3) is 0 Å². The molecule has 1 heterocycles. The molecule has 1 atom stereocenters. The molecule has 0 fully saturated rings. The van der Waals surface area contributed by atoms with E-state index in [1.165, 1.54) is 0 Å². The van der Waals surface area contributed by atoms with Crippen molar-refractivity contribution in [1.82, 2.24) is 10.3 Å². The Balaban J connectivity index is 2.57. The van der Waals surface area contributed by atoms with Crippen molar-refractivity contribution in [3.63, 3.8) is 0 Å². The summed E-state index contributed by atoms with van der Waals surface area (Å²) in [6.45, 7) is 6.85. The van der Waals surface area contributed by atoms with Crippen LogP contribution in [-0.2, 0) is 0 Å². The van der Waals surface area contributed by atoms with E-state index in [9.17, 15) is 4.79 Å². The first-order chi connectivity index (χ1) is 7.13. The van der Waals surface area contributed by atoms with Gasteiger partial charge in [-0.3, -0.25) is 9.78 Å². The first kappa shape index (κ1) is 11.9. The van der Waals surface area contributed by atoms with E-state index in [2.05, 4.69) is 10.3 Å². The summed E-state index contributed by atoms with van der Waals surface area (Å²) < 4.78 is 0. The van der Waals surface area contributed by atoms with Gasteiger partial charge >= 0.3 is 0 Å². The van der Waals surface area contributed by atoms with Crippen LogP contribution >= 0.6 is 0 Å². The second kappa shape index (κ2) is 5.61. The van der Waals surface area contributed by atoms with Crippen LogP contribution in [0.1, 0.15) is 36.3 Å². The number of hydrogen-bond acceptors (Lipinski definition) is 3. The number of Topliss-reactive ketones (excluding diaryl/α,β-unsaturated/α-hetero) is 1. The molecule has 3 heteroatoms. The van der Waals surface area contributed by atoms with Gasteiger partial charge in [0, 0.05) is 29.9 Å². The molecule has 0 aliphatic carbocycles. The zero-order valence-electron chi connectivity index (χ0n) is 9.58. The Bertz CT molecular complexity index is 319. The lowest BCUT2D eigenvalue weighted by atomic mass is 10.1. The van der Waals surface area contributed by atoms with E-state index >= 15 is 0 Å². The fourth-order valence-corrected chi connectivity index (χ4v) is 1.45. The van der Waals surface area contributed by atoms with Crippen LogP contribution < -0.4 is 5.32 Å². The third-order valence-corrected chi connectivity index (χ3v) is 2.28. The number of nitrogens with zero attached hydrogens (tertiary/aromatic N) is 1. The van der Waals surface area contributed by atoms with Crippen molar-refractivity contribution < 1.29 is 4.79 Å². The van der Waals surface area contributed by atoms with E-state index in [4.69, 9.17) is 0 Å². The maximum Gasteiger partial charge on any atom is 0.165 e. The Kier molecular flexibility index (Phi) is 4.43. The highest BCUT2D eigenvalue weighted by Gasteiger charge is 2.10. The van der Waals surface area contributed by atoms with Crippen molar-refractivity contribution in [1.29, 1.82) is 0 Å². The molecule has 0 aromatic carbocycles. The third kappa shape index (κ3) is 3.80. The minimum absolute atomic E-state index is 0.149. The fourth-order valence-electron chi connectivity index (χ4n) is 1.45. The average Bonchev–Trinajstić information content (AvgIpc) is 2.18. The summed E-state index contributed by atoms with van der Waals surface area (Å²) in [6, 6.07) is 3.93. The molecule has 1 aromatic rings. The molecule has 1 aromatic heterocycles. The van der Waals surface area contributed by atoms with Gasteiger partial charge in [-0.25, -0.2) is 0 Å². The number of hydrogen-bond donors (Lipinski definition) is 1. The summed E-state index contributed by atoms with van der Waals surface area (Å²) in [5, 5.41) is 3.22. The quantitative estimate of drug-likeness (QED) is 0.749. The number of aromatic nitrogens is 1. The van der Waals surface area contributed by atoms with Crippen molar-refractivity contribution in [3.8, 4) is 0 Å². The van der Waals surface area contributed by atoms with Gasteiger partial charge in [0.2, 0.25) is 0 Å². The van der Waals surface area contributed by atoms with E-state index in [1.54, 1.807) is 6.20 Å². The topological polar surface area (TPSA) is 42.0 Å². The molecule has 1 rings (SSSR count). The lowest BCUT2D eigenvalue weighted by Gasteiger charge is -2.10. The van der Waals surface area contributed by atoms with Gasteiger partial charge in [-0.1, -0.05) is 6.92 Å². The molecule has 0 spiro atoms. The zero-order chi connectivity index (χ0) is 11.3. The second-order valence-electron chi connectivity index (χ2n) is 3.77. The predicted molar refractivity (Wildman–Crippen MR) is 61.1 cm³/mol. The Morgan fingerprint density at radius 1 is 1.53 bits per heavy atom. The summed E-state index contributed by atoms with van der Waals surface area (Å²) in [5.74, 6) is 0.149. The number of rotatable bonds is 5. The SMILES string of the molecule is CCNC(C)CC(=O)c1ccc(C)nc1. The van der Waals surface area contributed by atoms with Gasteiger partial charge in [0.25, 0.3) is 0 Å². The summed E-state index contributed by atoms with van der Waals surface area (Å²) in [5.41, 5.74) is 1.64. The van der Waals surface area contributed by atoms with Crippen molar-refractivity contribution in [3.05, 3.63) is 29.6 Å². The molecule has 0 amide bonds. The third-order valence-electron chi connectivity index (χ3n) is 2.28. The van der Waals surface area contributed by atoms with Crippen LogP contribution in [0.2, 0.25) is 0 Å². The largest absolute Gasteiger partial charge is 0.314 e. The molecule has 0 saturated carbocycles. The molecule has 0 aliphatic heterocycles. The Labute approximate surface area is 90.9 Å². The molecule has 82 valence electrons. The standard InChI is InChI=1S/C12H18N2O/c1-4-13-10(3)7-12(15)11-6-5-9(2)14-8-11/h5-6,8,10,13H,4,7H2,1-3H3. The minimum atomic E-state index is 0.149. The number of ketones is 1. The van der Waals surface area contributed by atoms with Crippen LogP contribution in [0.4, 0.5) is 0 Å². The number of carbonyl (C=O) groups excluding carboxylic acids is 1. The molecule has 0 bridgehead atoms. The normalized spacial score (nSPS) is 12.5. The maximum atomic E-state index is 11.8. The number of pyridine rings is 1. The van der Waals surface area contributed by atoms with Crippen LogP contribution in [0.15, 0.2) is 18.3 Å². The van der Waals surface area contributed by atoms with Crippen LogP contribution in [0.5, 0.6) is 0 Å². The van der Waals surface area contributed by atoms with Gasteiger partial charge in [0.05, 0.1) is 0 Å². The van der Waals surface area contributed by atoms with Crippen LogP contribution in [0.3, 0.4) is 0 Å². The first-order valence-electron chi connectivity index (χ1n) is 5.32. The Morgan fingerprint density at radius 3 is 2.80 bits per heavy atom. The summed E-state index contributed by atoms with van der Waals surface area (Å²) in [4.78, 5) is 15.9. The van der Waals surface area contributed by atoms with Gasteiger partial charge in [-0.15, -0.1) is 0 Å². The van der Waals surface area contributed by atoms with Crippen molar-refractivity contribution in [2.24, 2.45) is 0 Å². The van der Waals surface area contributed by atoms with Crippen LogP contribution in [-0.4, -0.2) is 23.4 Å². The Morgan fingerprint density at radius 2 is 2.27 bits per heavy atom.